The molecule has 2 N–H and O–H groups in total. The van der Waals surface area contributed by atoms with Gasteiger partial charge in [-0.05, 0) is 17.7 Å². The lowest BCUT2D eigenvalue weighted by Gasteiger charge is -2.21. The summed E-state index contributed by atoms with van der Waals surface area (Å²) >= 11 is 0. The molecule has 0 unspecified atom stereocenters. The van der Waals surface area contributed by atoms with Crippen LogP contribution in [-0.4, -0.2) is 52.0 Å². The number of nitrogens with one attached hydrogen (secondary N) is 1. The number of methoxy groups -OCH3 is 2. The van der Waals surface area contributed by atoms with Crippen LogP contribution in [-0.2, 0) is 16.1 Å². The maximum absolute atomic E-state index is 10.6. The molecule has 0 aliphatic carbocycles. The fourth-order valence-electron chi connectivity index (χ4n) is 1.94. The molecule has 0 bridgehead atoms. The summed E-state index contributed by atoms with van der Waals surface area (Å²) in [5.74, 6) is -0.0614. The van der Waals surface area contributed by atoms with Crippen LogP contribution in [0.1, 0.15) is 12.0 Å². The zero-order valence-corrected chi connectivity index (χ0v) is 12.9. The van der Waals surface area contributed by atoms with Gasteiger partial charge >= 0.3 is 5.97 Å². The third kappa shape index (κ3) is 6.01. The number of hydrogen-bond acceptors (Lipinski definition) is 5. The molecule has 6 heteroatoms. The molecule has 0 radical (unpaired) electrons. The largest absolute Gasteiger partial charge is 0.495 e. The van der Waals surface area contributed by atoms with Crippen LogP contribution >= 0.6 is 0 Å². The molecule has 21 heavy (non-hydrogen) atoms. The molecule has 118 valence electrons. The summed E-state index contributed by atoms with van der Waals surface area (Å²) in [6, 6.07) is 5.93. The second-order valence-corrected chi connectivity index (χ2v) is 4.74. The fourth-order valence-corrected chi connectivity index (χ4v) is 1.94. The van der Waals surface area contributed by atoms with Gasteiger partial charge in [-0.15, -0.1) is 0 Å². The summed E-state index contributed by atoms with van der Waals surface area (Å²) in [7, 11) is 5.15. The Labute approximate surface area is 125 Å². The second-order valence-electron chi connectivity index (χ2n) is 4.74. The van der Waals surface area contributed by atoms with Crippen LogP contribution in [0.5, 0.6) is 5.75 Å². The maximum Gasteiger partial charge on any atom is 0.305 e. The van der Waals surface area contributed by atoms with E-state index in [9.17, 15) is 4.79 Å². The van der Waals surface area contributed by atoms with E-state index in [-0.39, 0.29) is 6.42 Å². The maximum atomic E-state index is 10.6. The zero-order chi connectivity index (χ0) is 15.7. The Bertz CT molecular complexity index is 451. The van der Waals surface area contributed by atoms with Gasteiger partial charge in [0.2, 0.25) is 0 Å². The number of aliphatic carboxylic acids is 1. The van der Waals surface area contributed by atoms with E-state index in [0.29, 0.717) is 13.2 Å². The predicted molar refractivity (Wildman–Crippen MR) is 82.1 cm³/mol. The standard InChI is InChI=1S/C15H24N2O4/c1-17(8-6-15(18)19)13-5-4-12(10-14(13)21-3)11-16-7-9-20-2/h4-5,10,16H,6-9,11H2,1-3H3,(H,18,19). The van der Waals surface area contributed by atoms with Gasteiger partial charge in [0.1, 0.15) is 5.75 Å². The molecule has 0 atom stereocenters. The fraction of sp³-hybridized carbons (Fsp3) is 0.533. The molecule has 0 amide bonds. The summed E-state index contributed by atoms with van der Waals surface area (Å²) in [4.78, 5) is 12.5. The highest BCUT2D eigenvalue weighted by Crippen LogP contribution is 2.28. The van der Waals surface area contributed by atoms with Crippen LogP contribution < -0.4 is 15.0 Å². The van der Waals surface area contributed by atoms with Crippen molar-refractivity contribution in [3.05, 3.63) is 23.8 Å². The Kier molecular flexibility index (Phi) is 7.56. The van der Waals surface area contributed by atoms with E-state index < -0.39 is 5.97 Å². The molecule has 0 aliphatic rings. The number of carboxylic acid groups (broad SMARTS) is 1. The van der Waals surface area contributed by atoms with Gasteiger partial charge in [-0.3, -0.25) is 4.79 Å². The number of hydrogen-bond donors (Lipinski definition) is 2. The van der Waals surface area contributed by atoms with Crippen molar-refractivity contribution in [3.63, 3.8) is 0 Å². The number of nitrogens with zero attached hydrogens (tertiary/aromatic N) is 1. The average Bonchev–Trinajstić information content (AvgIpc) is 2.49. The van der Waals surface area contributed by atoms with Crippen molar-refractivity contribution >= 4 is 11.7 Å². The first kappa shape index (κ1) is 17.3. The van der Waals surface area contributed by atoms with Gasteiger partial charge < -0.3 is 24.8 Å². The van der Waals surface area contributed by atoms with E-state index in [1.165, 1.54) is 0 Å². The molecule has 0 fully saturated rings. The van der Waals surface area contributed by atoms with Crippen molar-refractivity contribution in [1.82, 2.24) is 5.32 Å². The number of carboxylic acids is 1. The van der Waals surface area contributed by atoms with Gasteiger partial charge in [0.15, 0.2) is 0 Å². The van der Waals surface area contributed by atoms with Crippen molar-refractivity contribution in [2.24, 2.45) is 0 Å². The van der Waals surface area contributed by atoms with E-state index >= 15 is 0 Å². The highest BCUT2D eigenvalue weighted by Gasteiger charge is 2.10. The lowest BCUT2D eigenvalue weighted by atomic mass is 10.1. The molecule has 0 saturated heterocycles. The predicted octanol–water partition coefficient (Wildman–Crippen LogP) is 1.34. The first-order valence-corrected chi connectivity index (χ1v) is 6.88. The molecule has 1 rings (SSSR count). The quantitative estimate of drug-likeness (QED) is 0.635. The van der Waals surface area contributed by atoms with E-state index in [2.05, 4.69) is 5.32 Å². The number of carbonyl (C=O) groups is 1. The molecule has 6 nitrogen and oxygen atoms in total. The van der Waals surface area contributed by atoms with Gasteiger partial charge in [-0.25, -0.2) is 0 Å². The van der Waals surface area contributed by atoms with E-state index in [1.807, 2.05) is 30.1 Å². The Morgan fingerprint density at radius 1 is 1.38 bits per heavy atom. The van der Waals surface area contributed by atoms with Crippen LogP contribution in [0.15, 0.2) is 18.2 Å². The van der Waals surface area contributed by atoms with Gasteiger partial charge in [-0.1, -0.05) is 6.07 Å². The van der Waals surface area contributed by atoms with Crippen molar-refractivity contribution in [1.29, 1.82) is 0 Å². The molecular weight excluding hydrogens is 272 g/mol. The minimum atomic E-state index is -0.806. The molecule has 0 saturated carbocycles. The molecule has 0 heterocycles. The molecule has 0 aliphatic heterocycles. The highest BCUT2D eigenvalue weighted by atomic mass is 16.5. The summed E-state index contributed by atoms with van der Waals surface area (Å²) in [6.07, 6.45) is 0.0972. The molecule has 0 aromatic heterocycles. The Hall–Kier alpha value is -1.79. The van der Waals surface area contributed by atoms with Gasteiger partial charge in [0.05, 0.1) is 25.8 Å². The van der Waals surface area contributed by atoms with Crippen molar-refractivity contribution in [3.8, 4) is 5.75 Å². The number of benzene rings is 1. The number of rotatable bonds is 10. The summed E-state index contributed by atoms with van der Waals surface area (Å²) < 4.78 is 10.4. The van der Waals surface area contributed by atoms with E-state index in [4.69, 9.17) is 14.6 Å². The first-order chi connectivity index (χ1) is 10.1. The van der Waals surface area contributed by atoms with Crippen molar-refractivity contribution in [2.45, 2.75) is 13.0 Å². The summed E-state index contributed by atoms with van der Waals surface area (Å²) in [6.45, 7) is 2.64. The van der Waals surface area contributed by atoms with E-state index in [0.717, 1.165) is 30.1 Å². The van der Waals surface area contributed by atoms with Crippen LogP contribution in [0.4, 0.5) is 5.69 Å². The van der Waals surface area contributed by atoms with Gasteiger partial charge in [0, 0.05) is 33.8 Å². The normalized spacial score (nSPS) is 10.4. The highest BCUT2D eigenvalue weighted by molar-refractivity contribution is 5.68. The minimum absolute atomic E-state index is 0.0972. The molecular formula is C15H24N2O4. The molecule has 0 spiro atoms. The Balaban J connectivity index is 2.67. The van der Waals surface area contributed by atoms with Gasteiger partial charge in [-0.2, -0.15) is 0 Å². The smallest absolute Gasteiger partial charge is 0.305 e. The van der Waals surface area contributed by atoms with Crippen molar-refractivity contribution in [2.75, 3.05) is 45.9 Å². The average molecular weight is 296 g/mol. The topological polar surface area (TPSA) is 71.0 Å². The number of ether oxygens (including phenoxy) is 2. The Morgan fingerprint density at radius 3 is 2.76 bits per heavy atom. The van der Waals surface area contributed by atoms with Crippen molar-refractivity contribution < 1.29 is 19.4 Å². The van der Waals surface area contributed by atoms with Gasteiger partial charge in [0.25, 0.3) is 0 Å². The van der Waals surface area contributed by atoms with E-state index in [1.54, 1.807) is 14.2 Å². The van der Waals surface area contributed by atoms with Crippen LogP contribution in [0.3, 0.4) is 0 Å². The summed E-state index contributed by atoms with van der Waals surface area (Å²) in [5.41, 5.74) is 2.00. The van der Waals surface area contributed by atoms with Crippen LogP contribution in [0.25, 0.3) is 0 Å². The lowest BCUT2D eigenvalue weighted by Crippen LogP contribution is -2.22. The SMILES string of the molecule is COCCNCc1ccc(N(C)CCC(=O)O)c(OC)c1. The first-order valence-electron chi connectivity index (χ1n) is 6.88. The molecule has 1 aromatic rings. The Morgan fingerprint density at radius 2 is 2.14 bits per heavy atom. The molecule has 1 aromatic carbocycles. The monoisotopic (exact) mass is 296 g/mol. The third-order valence-corrected chi connectivity index (χ3v) is 3.13. The second kappa shape index (κ2) is 9.20. The van der Waals surface area contributed by atoms with Crippen LogP contribution in [0.2, 0.25) is 0 Å². The zero-order valence-electron chi connectivity index (χ0n) is 12.9. The number of anilines is 1. The minimum Gasteiger partial charge on any atom is -0.495 e. The lowest BCUT2D eigenvalue weighted by molar-refractivity contribution is -0.136. The summed E-state index contributed by atoms with van der Waals surface area (Å²) in [5, 5.41) is 12.0. The third-order valence-electron chi connectivity index (χ3n) is 3.13. The van der Waals surface area contributed by atoms with Crippen LogP contribution in [0, 0.1) is 0 Å².